The fraction of sp³-hybridized carbons (Fsp3) is 0.365. The lowest BCUT2D eigenvalue weighted by atomic mass is 9.88. The molecule has 1 aliphatic rings. The van der Waals surface area contributed by atoms with E-state index in [0.717, 1.165) is 6.42 Å². The average Bonchev–Trinajstić information content (AvgIpc) is 3.32. The van der Waals surface area contributed by atoms with E-state index in [0.29, 0.717) is 28.7 Å². The summed E-state index contributed by atoms with van der Waals surface area (Å²) in [6, 6.07) is 44.7. The molecule has 0 aliphatic carbocycles. The number of carbonyl (C=O) groups excluding carboxylic acids is 1. The van der Waals surface area contributed by atoms with E-state index in [1.807, 2.05) is 66.7 Å². The largest absolute Gasteiger partial charge is 0.444 e. The summed E-state index contributed by atoms with van der Waals surface area (Å²) in [5, 5.41) is 15.6. The molecule has 1 saturated heterocycles. The van der Waals surface area contributed by atoms with Crippen molar-refractivity contribution in [2.24, 2.45) is 0 Å². The first kappa shape index (κ1) is 40.0. The highest BCUT2D eigenvalue weighted by Gasteiger charge is 2.52. The van der Waals surface area contributed by atoms with Crippen molar-refractivity contribution in [1.29, 1.82) is 0 Å². The van der Waals surface area contributed by atoms with Gasteiger partial charge in [0.05, 0.1) is 44.5 Å². The molecule has 9 nitrogen and oxygen atoms in total. The Bertz CT molecular complexity index is 2150. The van der Waals surface area contributed by atoms with E-state index in [1.54, 1.807) is 106 Å². The second kappa shape index (κ2) is 23.8. The first-order chi connectivity index (χ1) is 31.4. The number of aliphatic hydroxyl groups excluding tert-OH is 1. The Morgan fingerprint density at radius 1 is 0.656 bits per heavy atom. The van der Waals surface area contributed by atoms with Crippen LogP contribution in [-0.2, 0) is 61.2 Å². The van der Waals surface area contributed by atoms with Crippen LogP contribution in [0.1, 0.15) is 66.9 Å². The van der Waals surface area contributed by atoms with E-state index < -0.39 is 80.7 Å². The van der Waals surface area contributed by atoms with Crippen molar-refractivity contribution in [2.45, 2.75) is 115 Å². The van der Waals surface area contributed by atoms with Gasteiger partial charge in [0.15, 0.2) is 0 Å². The SMILES string of the molecule is [2H]C(OC[C@H]1OC(C(O)[C@H](CC=CCCc2ccccc2)NC(=O)OC(C)(C)C)[C@H](OC([2H])c2ccccc2)[C@H](OC([2H])c2ccccc2)[C@H]1OC([2H])c1ccccc1)c1ccccc1. The van der Waals surface area contributed by atoms with Gasteiger partial charge in [-0.05, 0) is 67.9 Å². The molecule has 2 N–H and O–H groups in total. The minimum Gasteiger partial charge on any atom is -0.444 e. The van der Waals surface area contributed by atoms with Gasteiger partial charge in [-0.3, -0.25) is 0 Å². The first-order valence-corrected chi connectivity index (χ1v) is 20.8. The minimum absolute atomic E-state index is 0.147. The molecular weight excluding hydrogens is 767 g/mol. The zero-order chi connectivity index (χ0) is 46.2. The third-order valence-electron chi connectivity index (χ3n) is 9.88. The summed E-state index contributed by atoms with van der Waals surface area (Å²) in [6.45, 7) is -0.140. The summed E-state index contributed by atoms with van der Waals surface area (Å²) in [5.41, 5.74) is 2.45. The number of carbonyl (C=O) groups is 1. The predicted octanol–water partition coefficient (Wildman–Crippen LogP) is 9.56. The summed E-state index contributed by atoms with van der Waals surface area (Å²) < 4.78 is 75.4. The van der Waals surface area contributed by atoms with Gasteiger partial charge in [-0.25, -0.2) is 4.79 Å². The summed E-state index contributed by atoms with van der Waals surface area (Å²) in [7, 11) is 0. The second-order valence-electron chi connectivity index (χ2n) is 15.9. The third-order valence-corrected chi connectivity index (χ3v) is 9.88. The van der Waals surface area contributed by atoms with Gasteiger partial charge in [-0.1, -0.05) is 164 Å². The van der Waals surface area contributed by atoms with Crippen LogP contribution >= 0.6 is 0 Å². The highest BCUT2D eigenvalue weighted by Crippen LogP contribution is 2.34. The van der Waals surface area contributed by atoms with Crippen LogP contribution in [0.5, 0.6) is 0 Å². The van der Waals surface area contributed by atoms with E-state index in [2.05, 4.69) is 17.4 Å². The maximum Gasteiger partial charge on any atom is 0.407 e. The molecule has 0 spiro atoms. The topological polar surface area (TPSA) is 105 Å². The van der Waals surface area contributed by atoms with Crippen molar-refractivity contribution in [3.8, 4) is 0 Å². The molecule has 5 aromatic carbocycles. The summed E-state index contributed by atoms with van der Waals surface area (Å²) in [4.78, 5) is 13.5. The predicted molar refractivity (Wildman–Crippen MR) is 238 cm³/mol. The monoisotopic (exact) mass is 831 g/mol. The molecular formula is C52H61NO8. The van der Waals surface area contributed by atoms with Crippen molar-refractivity contribution in [2.75, 3.05) is 6.61 Å². The molecule has 0 aromatic heterocycles. The molecule has 5 aromatic rings. The number of hydrogen-bond donors (Lipinski definition) is 2. The van der Waals surface area contributed by atoms with Crippen LogP contribution in [0.3, 0.4) is 0 Å². The van der Waals surface area contributed by atoms with Gasteiger partial charge < -0.3 is 38.8 Å². The molecule has 1 aliphatic heterocycles. The number of aryl methyl sites for hydroxylation is 1. The molecule has 0 bridgehead atoms. The lowest BCUT2D eigenvalue weighted by molar-refractivity contribution is -0.288. The fourth-order valence-electron chi connectivity index (χ4n) is 6.89. The van der Waals surface area contributed by atoms with Gasteiger partial charge in [-0.15, -0.1) is 0 Å². The summed E-state index contributed by atoms with van der Waals surface area (Å²) in [5.74, 6) is 0. The van der Waals surface area contributed by atoms with E-state index in [9.17, 15) is 14.0 Å². The molecule has 1 amide bonds. The van der Waals surface area contributed by atoms with Crippen LogP contribution in [0.2, 0.25) is 0 Å². The smallest absolute Gasteiger partial charge is 0.407 e. The molecule has 0 radical (unpaired) electrons. The Balaban J connectivity index is 1.42. The quantitative estimate of drug-likeness (QED) is 0.0706. The molecule has 6 unspecified atom stereocenters. The maximum atomic E-state index is 13.5. The number of aliphatic hydroxyl groups is 1. The van der Waals surface area contributed by atoms with E-state index in [1.165, 1.54) is 5.56 Å². The zero-order valence-electron chi connectivity index (χ0n) is 39.1. The van der Waals surface area contributed by atoms with Crippen LogP contribution in [-0.4, -0.2) is 66.1 Å². The van der Waals surface area contributed by atoms with Crippen molar-refractivity contribution in [3.63, 3.8) is 0 Å². The number of allylic oxidation sites excluding steroid dienone is 1. The Hall–Kier alpha value is -5.13. The number of nitrogens with one attached hydrogen (secondary N) is 1. The van der Waals surface area contributed by atoms with Crippen LogP contribution in [0, 0.1) is 0 Å². The van der Waals surface area contributed by atoms with E-state index in [4.69, 9.17) is 29.8 Å². The van der Waals surface area contributed by atoms with E-state index in [-0.39, 0.29) is 13.0 Å². The molecule has 6 rings (SSSR count). The van der Waals surface area contributed by atoms with Crippen LogP contribution in [0.4, 0.5) is 4.79 Å². The Labute approximate surface area is 367 Å². The molecule has 1 fully saturated rings. The van der Waals surface area contributed by atoms with Crippen molar-refractivity contribution in [1.82, 2.24) is 5.32 Å². The number of amides is 1. The van der Waals surface area contributed by atoms with Crippen molar-refractivity contribution in [3.05, 3.63) is 192 Å². The standard InChI is InChI=1S/C52H61NO8/c1-52(2,3)61-51(55)53-44(33-21-9-12-24-39-22-10-4-11-23-39)46(54)48-50(59-37-43-31-19-8-20-32-43)49(58-36-42-29-17-7-18-30-42)47(57-35-41-27-15-6-16-28-41)45(60-48)38-56-34-40-25-13-5-14-26-40/h4-11,13-23,25-32,44-50,54H,12,24,33-38H2,1-3H3,(H,53,55)/t44-,45+,46?,47-,48?,49+,50-/m0/s1/i34D,35D,36D,37D/t34?,35?,36?,37?,44-,45+,46?,47-,48?,49+,50-. The molecule has 9 heteroatoms. The minimum atomic E-state index is -1.55. The first-order valence-electron chi connectivity index (χ1n) is 23.2. The second-order valence-corrected chi connectivity index (χ2v) is 15.9. The van der Waals surface area contributed by atoms with Crippen LogP contribution in [0.25, 0.3) is 0 Å². The van der Waals surface area contributed by atoms with E-state index >= 15 is 0 Å². The summed E-state index contributed by atoms with van der Waals surface area (Å²) in [6.07, 6.45) is -3.18. The third kappa shape index (κ3) is 15.1. The molecule has 322 valence electrons. The maximum absolute atomic E-state index is 13.5. The van der Waals surface area contributed by atoms with Gasteiger partial charge in [0.25, 0.3) is 0 Å². The normalized spacial score (nSPS) is 23.2. The van der Waals surface area contributed by atoms with Gasteiger partial charge in [-0.2, -0.15) is 0 Å². The molecule has 61 heavy (non-hydrogen) atoms. The highest BCUT2D eigenvalue weighted by molar-refractivity contribution is 5.68. The Morgan fingerprint density at radius 3 is 1.59 bits per heavy atom. The lowest BCUT2D eigenvalue weighted by Crippen LogP contribution is -2.66. The van der Waals surface area contributed by atoms with Crippen LogP contribution < -0.4 is 5.32 Å². The lowest BCUT2D eigenvalue weighted by Gasteiger charge is -2.48. The van der Waals surface area contributed by atoms with Crippen molar-refractivity contribution < 1.29 is 43.8 Å². The molecule has 11 atom stereocenters. The number of ether oxygens (including phenoxy) is 6. The van der Waals surface area contributed by atoms with Crippen molar-refractivity contribution >= 4 is 6.09 Å². The van der Waals surface area contributed by atoms with Gasteiger partial charge in [0, 0.05) is 0 Å². The number of rotatable bonds is 21. The van der Waals surface area contributed by atoms with Gasteiger partial charge in [0.2, 0.25) is 0 Å². The average molecular weight is 832 g/mol. The number of alkyl carbamates (subject to hydrolysis) is 1. The van der Waals surface area contributed by atoms with Crippen LogP contribution in [0.15, 0.2) is 164 Å². The number of benzene rings is 5. The zero-order valence-corrected chi connectivity index (χ0v) is 35.1. The van der Waals surface area contributed by atoms with Gasteiger partial charge in [0.1, 0.15) is 42.2 Å². The summed E-state index contributed by atoms with van der Waals surface area (Å²) >= 11 is 0. The fourth-order valence-corrected chi connectivity index (χ4v) is 6.89. The molecule has 1 heterocycles. The Morgan fingerprint density at radius 2 is 1.10 bits per heavy atom. The Kier molecular flexibility index (Phi) is 15.6. The molecule has 0 saturated carbocycles. The highest BCUT2D eigenvalue weighted by atomic mass is 16.6. The van der Waals surface area contributed by atoms with Gasteiger partial charge >= 0.3 is 6.09 Å². The number of hydrogen-bond acceptors (Lipinski definition) is 8.